The zero-order chi connectivity index (χ0) is 17.3. The Morgan fingerprint density at radius 3 is 2.96 bits per heavy atom. The summed E-state index contributed by atoms with van der Waals surface area (Å²) in [6.45, 7) is 7.87. The second-order valence-corrected chi connectivity index (χ2v) is 7.22. The van der Waals surface area contributed by atoms with E-state index in [1.807, 2.05) is 6.07 Å². The number of hydrogen-bond acceptors (Lipinski definition) is 6. The van der Waals surface area contributed by atoms with Gasteiger partial charge in [-0.05, 0) is 18.1 Å². The molecule has 1 aliphatic rings. The van der Waals surface area contributed by atoms with Crippen molar-refractivity contribution in [2.45, 2.75) is 44.9 Å². The third-order valence-corrected chi connectivity index (χ3v) is 4.93. The topological polar surface area (TPSA) is 65.4 Å². The molecule has 24 heavy (non-hydrogen) atoms. The van der Waals surface area contributed by atoms with Gasteiger partial charge in [0.15, 0.2) is 0 Å². The number of fused-ring (bicyclic) bond motifs is 3. The van der Waals surface area contributed by atoms with Crippen LogP contribution in [0.5, 0.6) is 0 Å². The highest BCUT2D eigenvalue weighted by Gasteiger charge is 2.26. The number of ether oxygens (including phenoxy) is 1. The number of carbonyl (C=O) groups is 1. The summed E-state index contributed by atoms with van der Waals surface area (Å²) in [5.74, 6) is 1.25. The fourth-order valence-corrected chi connectivity index (χ4v) is 3.67. The first-order valence-corrected chi connectivity index (χ1v) is 8.86. The van der Waals surface area contributed by atoms with Gasteiger partial charge >= 0.3 is 5.97 Å². The monoisotopic (exact) mass is 349 g/mol. The fourth-order valence-electron chi connectivity index (χ4n) is 3.10. The zero-order valence-corrected chi connectivity index (χ0v) is 15.3. The van der Waals surface area contributed by atoms with Gasteiger partial charge in [-0.1, -0.05) is 13.8 Å². The fraction of sp³-hybridized carbons (Fsp3) is 0.529. The van der Waals surface area contributed by atoms with Crippen LogP contribution in [0.2, 0.25) is 0 Å². The van der Waals surface area contributed by atoms with Gasteiger partial charge in [0.1, 0.15) is 12.4 Å². The molecule has 1 aromatic carbocycles. The summed E-state index contributed by atoms with van der Waals surface area (Å²) in [6, 6.07) is 4.34. The van der Waals surface area contributed by atoms with Gasteiger partial charge in [0.05, 0.1) is 24.2 Å². The van der Waals surface area contributed by atoms with E-state index < -0.39 is 0 Å². The van der Waals surface area contributed by atoms with E-state index in [9.17, 15) is 4.79 Å². The number of nitrogens with zero attached hydrogens (tertiary/aromatic N) is 2. The average molecular weight is 349 g/mol. The van der Waals surface area contributed by atoms with E-state index in [1.54, 1.807) is 7.11 Å². The predicted octanol–water partition coefficient (Wildman–Crippen LogP) is 3.05. The summed E-state index contributed by atoms with van der Waals surface area (Å²) in [4.78, 5) is 16.9. The highest BCUT2D eigenvalue weighted by Crippen LogP contribution is 2.33. The SMILES string of the molecule is COSc1cc2c(cc1COC(C)=O)nc1n2CCNC1C(C)C. The first kappa shape index (κ1) is 17.3. The molecule has 2 aromatic rings. The summed E-state index contributed by atoms with van der Waals surface area (Å²) < 4.78 is 12.7. The van der Waals surface area contributed by atoms with Crippen molar-refractivity contribution in [1.29, 1.82) is 0 Å². The quantitative estimate of drug-likeness (QED) is 0.661. The minimum atomic E-state index is -0.295. The zero-order valence-electron chi connectivity index (χ0n) is 14.5. The number of aromatic nitrogens is 2. The molecule has 6 nitrogen and oxygen atoms in total. The number of rotatable bonds is 5. The van der Waals surface area contributed by atoms with Crippen molar-refractivity contribution in [3.05, 3.63) is 23.5 Å². The number of benzene rings is 1. The van der Waals surface area contributed by atoms with Gasteiger partial charge in [-0.25, -0.2) is 4.98 Å². The molecule has 130 valence electrons. The molecular weight excluding hydrogens is 326 g/mol. The Bertz CT molecular complexity index is 757. The van der Waals surface area contributed by atoms with Gasteiger partial charge < -0.3 is 18.8 Å². The molecule has 0 amide bonds. The molecule has 1 N–H and O–H groups in total. The molecular formula is C17H23N3O3S. The number of imidazole rings is 1. The van der Waals surface area contributed by atoms with Gasteiger partial charge in [-0.3, -0.25) is 4.79 Å². The van der Waals surface area contributed by atoms with Crippen molar-refractivity contribution in [1.82, 2.24) is 14.9 Å². The standard InChI is InChI=1S/C17H23N3O3S/c1-10(2)16-17-19-13-7-12(9-23-11(3)21)15(24-22-4)8-14(13)20(17)6-5-18-16/h7-8,10,16,18H,5-6,9H2,1-4H3. The number of nitrogens with one attached hydrogen (secondary N) is 1. The summed E-state index contributed by atoms with van der Waals surface area (Å²) >= 11 is 1.28. The Morgan fingerprint density at radius 1 is 1.50 bits per heavy atom. The summed E-state index contributed by atoms with van der Waals surface area (Å²) in [5, 5.41) is 3.55. The van der Waals surface area contributed by atoms with E-state index >= 15 is 0 Å². The second kappa shape index (κ2) is 7.13. The van der Waals surface area contributed by atoms with Gasteiger partial charge in [-0.2, -0.15) is 0 Å². The molecule has 0 bridgehead atoms. The molecule has 0 spiro atoms. The maximum absolute atomic E-state index is 11.1. The molecule has 0 aliphatic carbocycles. The lowest BCUT2D eigenvalue weighted by molar-refractivity contribution is -0.142. The Labute approximate surface area is 146 Å². The third kappa shape index (κ3) is 3.29. The molecule has 1 atom stereocenters. The Morgan fingerprint density at radius 2 is 2.29 bits per heavy atom. The van der Waals surface area contributed by atoms with E-state index in [1.165, 1.54) is 19.0 Å². The van der Waals surface area contributed by atoms with Crippen molar-refractivity contribution in [2.24, 2.45) is 5.92 Å². The Hall–Kier alpha value is -1.57. The van der Waals surface area contributed by atoms with Gasteiger partial charge in [0.2, 0.25) is 0 Å². The van der Waals surface area contributed by atoms with Crippen LogP contribution < -0.4 is 5.32 Å². The molecule has 0 saturated carbocycles. The lowest BCUT2D eigenvalue weighted by atomic mass is 10.0. The van der Waals surface area contributed by atoms with E-state index in [2.05, 4.69) is 29.8 Å². The highest BCUT2D eigenvalue weighted by atomic mass is 32.2. The molecule has 3 rings (SSSR count). The smallest absolute Gasteiger partial charge is 0.302 e. The van der Waals surface area contributed by atoms with Crippen LogP contribution >= 0.6 is 12.0 Å². The van der Waals surface area contributed by atoms with Crippen LogP contribution in [0.3, 0.4) is 0 Å². The molecule has 1 aliphatic heterocycles. The first-order chi connectivity index (χ1) is 11.5. The maximum Gasteiger partial charge on any atom is 0.302 e. The van der Waals surface area contributed by atoms with Crippen molar-refractivity contribution in [2.75, 3.05) is 13.7 Å². The maximum atomic E-state index is 11.1. The molecule has 0 fully saturated rings. The van der Waals surface area contributed by atoms with Crippen molar-refractivity contribution < 1.29 is 13.7 Å². The number of hydrogen-bond donors (Lipinski definition) is 1. The Balaban J connectivity index is 2.08. The number of carbonyl (C=O) groups excluding carboxylic acids is 1. The van der Waals surface area contributed by atoms with Crippen LogP contribution in [-0.2, 0) is 26.9 Å². The average Bonchev–Trinajstić information content (AvgIpc) is 2.90. The van der Waals surface area contributed by atoms with Gasteiger partial charge in [-0.15, -0.1) is 0 Å². The summed E-state index contributed by atoms with van der Waals surface area (Å²) in [6.07, 6.45) is 0. The molecule has 0 saturated heterocycles. The predicted molar refractivity (Wildman–Crippen MR) is 93.7 cm³/mol. The Kier molecular flexibility index (Phi) is 5.12. The van der Waals surface area contributed by atoms with E-state index in [0.29, 0.717) is 5.92 Å². The summed E-state index contributed by atoms with van der Waals surface area (Å²) in [7, 11) is 1.63. The van der Waals surface area contributed by atoms with Crippen LogP contribution in [-0.4, -0.2) is 29.2 Å². The van der Waals surface area contributed by atoms with E-state index in [-0.39, 0.29) is 18.6 Å². The molecule has 2 heterocycles. The van der Waals surface area contributed by atoms with Crippen LogP contribution in [0.15, 0.2) is 17.0 Å². The van der Waals surface area contributed by atoms with Gasteiger partial charge in [0.25, 0.3) is 0 Å². The third-order valence-electron chi connectivity index (χ3n) is 4.21. The van der Waals surface area contributed by atoms with Crippen LogP contribution in [0, 0.1) is 5.92 Å². The van der Waals surface area contributed by atoms with Crippen molar-refractivity contribution >= 4 is 29.0 Å². The minimum absolute atomic E-state index is 0.227. The van der Waals surface area contributed by atoms with Crippen LogP contribution in [0.25, 0.3) is 11.0 Å². The van der Waals surface area contributed by atoms with Crippen molar-refractivity contribution in [3.63, 3.8) is 0 Å². The number of esters is 1. The molecule has 1 unspecified atom stereocenters. The normalized spacial score (nSPS) is 17.3. The van der Waals surface area contributed by atoms with Crippen LogP contribution in [0.1, 0.15) is 38.2 Å². The first-order valence-electron chi connectivity index (χ1n) is 8.11. The minimum Gasteiger partial charge on any atom is -0.461 e. The van der Waals surface area contributed by atoms with Crippen LogP contribution in [0.4, 0.5) is 0 Å². The summed E-state index contributed by atoms with van der Waals surface area (Å²) in [5.41, 5.74) is 2.94. The molecule has 0 radical (unpaired) electrons. The lowest BCUT2D eigenvalue weighted by Gasteiger charge is -2.28. The van der Waals surface area contributed by atoms with Gasteiger partial charge in [0, 0.05) is 42.5 Å². The van der Waals surface area contributed by atoms with Crippen molar-refractivity contribution in [3.8, 4) is 0 Å². The second-order valence-electron chi connectivity index (χ2n) is 6.28. The lowest BCUT2D eigenvalue weighted by Crippen LogP contribution is -2.36. The largest absolute Gasteiger partial charge is 0.461 e. The molecule has 1 aromatic heterocycles. The molecule has 7 heteroatoms. The van der Waals surface area contributed by atoms with E-state index in [0.717, 1.165) is 40.4 Å². The van der Waals surface area contributed by atoms with E-state index in [4.69, 9.17) is 13.9 Å². The highest BCUT2D eigenvalue weighted by molar-refractivity contribution is 7.94.